The van der Waals surface area contributed by atoms with E-state index in [0.717, 1.165) is 75.2 Å². The molecule has 0 saturated carbocycles. The lowest BCUT2D eigenvalue weighted by Gasteiger charge is -2.28. The van der Waals surface area contributed by atoms with Crippen molar-refractivity contribution in [2.45, 2.75) is 64.6 Å². The Morgan fingerprint density at radius 3 is 2.79 bits per heavy atom. The van der Waals surface area contributed by atoms with Crippen LogP contribution in [0, 0.1) is 0 Å². The fourth-order valence-corrected chi connectivity index (χ4v) is 4.65. The van der Waals surface area contributed by atoms with Crippen molar-refractivity contribution in [1.82, 2.24) is 20.0 Å². The van der Waals surface area contributed by atoms with Gasteiger partial charge in [0.05, 0.1) is 7.11 Å². The number of para-hydroxylation sites is 1. The number of carbonyl (C=O) groups excluding carboxylic acids is 1. The molecule has 0 unspecified atom stereocenters. The summed E-state index contributed by atoms with van der Waals surface area (Å²) in [5.74, 6) is 1.04. The summed E-state index contributed by atoms with van der Waals surface area (Å²) in [7, 11) is 1.71. The van der Waals surface area contributed by atoms with Gasteiger partial charge in [-0.25, -0.2) is 0 Å². The van der Waals surface area contributed by atoms with Crippen molar-refractivity contribution in [3.8, 4) is 5.75 Å². The Balaban J connectivity index is 1.50. The minimum Gasteiger partial charge on any atom is -0.496 e. The van der Waals surface area contributed by atoms with Crippen LogP contribution in [0.2, 0.25) is 0 Å². The van der Waals surface area contributed by atoms with E-state index in [0.29, 0.717) is 11.7 Å². The highest BCUT2D eigenvalue weighted by Gasteiger charge is 2.31. The third-order valence-corrected chi connectivity index (χ3v) is 6.27. The number of nitrogens with one attached hydrogen (secondary N) is 1. The van der Waals surface area contributed by atoms with Crippen LogP contribution >= 0.6 is 0 Å². The van der Waals surface area contributed by atoms with Crippen molar-refractivity contribution < 1.29 is 9.53 Å². The molecule has 156 valence electrons. The molecule has 1 aliphatic carbocycles. The predicted molar refractivity (Wildman–Crippen MR) is 113 cm³/mol. The number of carbonyl (C=O) groups is 1. The molecule has 1 atom stereocenters. The van der Waals surface area contributed by atoms with E-state index in [9.17, 15) is 4.79 Å². The maximum Gasteiger partial charge on any atom is 0.274 e. The molecule has 2 aromatic rings. The van der Waals surface area contributed by atoms with Crippen LogP contribution < -0.4 is 10.1 Å². The highest BCUT2D eigenvalue weighted by molar-refractivity contribution is 5.94. The van der Waals surface area contributed by atoms with Crippen LogP contribution in [0.1, 0.15) is 59.9 Å². The predicted octanol–water partition coefficient (Wildman–Crippen LogP) is 3.18. The molecule has 6 nitrogen and oxygen atoms in total. The zero-order valence-electron chi connectivity index (χ0n) is 17.6. The summed E-state index contributed by atoms with van der Waals surface area (Å²) >= 11 is 0. The first-order chi connectivity index (χ1) is 14.2. The smallest absolute Gasteiger partial charge is 0.274 e. The summed E-state index contributed by atoms with van der Waals surface area (Å²) in [4.78, 5) is 15.2. The fraction of sp³-hybridized carbons (Fsp3) is 0.565. The molecule has 0 bridgehead atoms. The summed E-state index contributed by atoms with van der Waals surface area (Å²) in [5.41, 5.74) is 4.26. The molecule has 4 rings (SSSR count). The summed E-state index contributed by atoms with van der Waals surface area (Å²) in [6, 6.07) is 8.47. The van der Waals surface area contributed by atoms with Gasteiger partial charge in [0.15, 0.2) is 5.69 Å². The Bertz CT molecular complexity index is 855. The molecule has 6 heteroatoms. The van der Waals surface area contributed by atoms with Crippen LogP contribution in [0.4, 0.5) is 0 Å². The van der Waals surface area contributed by atoms with Gasteiger partial charge < -0.3 is 15.0 Å². The van der Waals surface area contributed by atoms with Crippen LogP contribution in [0.3, 0.4) is 0 Å². The Hall–Kier alpha value is -2.34. The first-order valence-corrected chi connectivity index (χ1v) is 10.9. The van der Waals surface area contributed by atoms with Gasteiger partial charge in [-0.3, -0.25) is 9.48 Å². The first kappa shape index (κ1) is 20.0. The van der Waals surface area contributed by atoms with Gasteiger partial charge in [-0.15, -0.1) is 0 Å². The van der Waals surface area contributed by atoms with Crippen molar-refractivity contribution in [3.63, 3.8) is 0 Å². The third kappa shape index (κ3) is 4.17. The molecule has 29 heavy (non-hydrogen) atoms. The van der Waals surface area contributed by atoms with Crippen LogP contribution in [0.5, 0.6) is 5.75 Å². The van der Waals surface area contributed by atoms with Gasteiger partial charge in [0.2, 0.25) is 0 Å². The molecule has 0 spiro atoms. The Kier molecular flexibility index (Phi) is 6.19. The van der Waals surface area contributed by atoms with Crippen LogP contribution in [0.15, 0.2) is 24.3 Å². The molecular formula is C23H32N4O2. The van der Waals surface area contributed by atoms with E-state index in [1.54, 1.807) is 7.11 Å². The molecule has 0 radical (unpaired) electrons. The quantitative estimate of drug-likeness (QED) is 0.815. The number of nitrogens with zero attached hydrogens (tertiary/aromatic N) is 3. The number of rotatable bonds is 6. The zero-order valence-corrected chi connectivity index (χ0v) is 17.6. The maximum absolute atomic E-state index is 13.2. The Morgan fingerprint density at radius 2 is 2.03 bits per heavy atom. The number of benzene rings is 1. The molecule has 2 heterocycles. The number of hydrogen-bond acceptors (Lipinski definition) is 4. The Morgan fingerprint density at radius 1 is 1.24 bits per heavy atom. The number of hydrogen-bond donors (Lipinski definition) is 1. The van der Waals surface area contributed by atoms with Gasteiger partial charge in [-0.05, 0) is 51.5 Å². The van der Waals surface area contributed by atoms with Crippen molar-refractivity contribution in [3.05, 3.63) is 46.8 Å². The normalized spacial score (nSPS) is 19.1. The van der Waals surface area contributed by atoms with Crippen LogP contribution in [-0.4, -0.2) is 46.8 Å². The molecule has 1 aromatic carbocycles. The topological polar surface area (TPSA) is 59.4 Å². The zero-order chi connectivity index (χ0) is 20.2. The van der Waals surface area contributed by atoms with E-state index in [2.05, 4.69) is 18.3 Å². The lowest BCUT2D eigenvalue weighted by atomic mass is 9.90. The summed E-state index contributed by atoms with van der Waals surface area (Å²) < 4.78 is 7.52. The number of piperidine rings is 1. The van der Waals surface area contributed by atoms with E-state index in [4.69, 9.17) is 9.84 Å². The fourth-order valence-electron chi connectivity index (χ4n) is 4.65. The lowest BCUT2D eigenvalue weighted by molar-refractivity contribution is 0.0716. The standard InChI is InChI=1S/C23H32N4O2/c1-3-27-20-12-11-18(24-16-17-9-5-6-10-21(17)29-2)15-19(20)22(25-27)23(28)26-13-7-4-8-14-26/h5-6,9-10,18,24H,3-4,7-8,11-16H2,1-2H3/t18-/m1/s1. The minimum absolute atomic E-state index is 0.124. The highest BCUT2D eigenvalue weighted by Crippen LogP contribution is 2.27. The number of ether oxygens (including phenoxy) is 1. The number of aromatic nitrogens is 2. The molecule has 1 aromatic heterocycles. The van der Waals surface area contributed by atoms with E-state index in [1.165, 1.54) is 12.1 Å². The minimum atomic E-state index is 0.124. The molecule has 1 amide bonds. The van der Waals surface area contributed by atoms with E-state index in [-0.39, 0.29) is 5.91 Å². The second-order valence-electron chi connectivity index (χ2n) is 8.07. The lowest BCUT2D eigenvalue weighted by Crippen LogP contribution is -2.38. The number of likely N-dealkylation sites (tertiary alicyclic amines) is 1. The van der Waals surface area contributed by atoms with Gasteiger partial charge in [0, 0.05) is 49.0 Å². The summed E-state index contributed by atoms with van der Waals surface area (Å²) in [5, 5.41) is 8.43. The summed E-state index contributed by atoms with van der Waals surface area (Å²) in [6.07, 6.45) is 6.31. The van der Waals surface area contributed by atoms with Crippen LogP contribution in [-0.2, 0) is 25.9 Å². The molecule has 1 N–H and O–H groups in total. The van der Waals surface area contributed by atoms with E-state index in [1.807, 2.05) is 27.8 Å². The van der Waals surface area contributed by atoms with Crippen molar-refractivity contribution >= 4 is 5.91 Å². The van der Waals surface area contributed by atoms with Crippen molar-refractivity contribution in [2.24, 2.45) is 0 Å². The number of aryl methyl sites for hydroxylation is 1. The second kappa shape index (κ2) is 8.99. The first-order valence-electron chi connectivity index (χ1n) is 10.9. The van der Waals surface area contributed by atoms with Gasteiger partial charge in [-0.2, -0.15) is 5.10 Å². The average Bonchev–Trinajstić information content (AvgIpc) is 3.16. The van der Waals surface area contributed by atoms with Crippen molar-refractivity contribution in [1.29, 1.82) is 0 Å². The number of methoxy groups -OCH3 is 1. The molecular weight excluding hydrogens is 364 g/mol. The van der Waals surface area contributed by atoms with Gasteiger partial charge in [0.25, 0.3) is 5.91 Å². The second-order valence-corrected chi connectivity index (χ2v) is 8.07. The SMILES string of the molecule is CCn1nc(C(=O)N2CCCCC2)c2c1CC[C@@H](NCc1ccccc1OC)C2. The average molecular weight is 397 g/mol. The third-order valence-electron chi connectivity index (χ3n) is 6.27. The van der Waals surface area contributed by atoms with Gasteiger partial charge in [-0.1, -0.05) is 18.2 Å². The maximum atomic E-state index is 13.2. The molecule has 2 aliphatic rings. The number of amides is 1. The molecule has 1 aliphatic heterocycles. The molecule has 1 saturated heterocycles. The van der Waals surface area contributed by atoms with Crippen molar-refractivity contribution in [2.75, 3.05) is 20.2 Å². The van der Waals surface area contributed by atoms with E-state index >= 15 is 0 Å². The largest absolute Gasteiger partial charge is 0.496 e. The summed E-state index contributed by atoms with van der Waals surface area (Å²) in [6.45, 7) is 5.41. The monoisotopic (exact) mass is 396 g/mol. The van der Waals surface area contributed by atoms with Gasteiger partial charge in [0.1, 0.15) is 5.75 Å². The molecule has 1 fully saturated rings. The Labute approximate surface area is 173 Å². The number of fused-ring (bicyclic) bond motifs is 1. The van der Waals surface area contributed by atoms with Gasteiger partial charge >= 0.3 is 0 Å². The van der Waals surface area contributed by atoms with E-state index < -0.39 is 0 Å². The highest BCUT2D eigenvalue weighted by atomic mass is 16.5. The van der Waals surface area contributed by atoms with Crippen LogP contribution in [0.25, 0.3) is 0 Å².